The molecule has 0 saturated carbocycles. The van der Waals surface area contributed by atoms with Crippen molar-refractivity contribution in [3.05, 3.63) is 45.5 Å². The van der Waals surface area contributed by atoms with Crippen LogP contribution in [0.2, 0.25) is 0 Å². The highest BCUT2D eigenvalue weighted by Crippen LogP contribution is 2.22. The summed E-state index contributed by atoms with van der Waals surface area (Å²) in [5, 5.41) is 14.0. The first kappa shape index (κ1) is 15.6. The van der Waals surface area contributed by atoms with Crippen molar-refractivity contribution in [3.63, 3.8) is 0 Å². The summed E-state index contributed by atoms with van der Waals surface area (Å²) in [5.41, 5.74) is 1.25. The first-order chi connectivity index (χ1) is 9.90. The van der Waals surface area contributed by atoms with Gasteiger partial charge in [0, 0.05) is 24.7 Å². The Kier molecular flexibility index (Phi) is 4.71. The van der Waals surface area contributed by atoms with Crippen molar-refractivity contribution in [1.29, 1.82) is 0 Å². The number of nitro benzene ring substituents is 1. The molecule has 1 aliphatic heterocycles. The van der Waals surface area contributed by atoms with Gasteiger partial charge in [-0.1, -0.05) is 17.7 Å². The number of rotatable bonds is 5. The fourth-order valence-electron chi connectivity index (χ4n) is 2.05. The van der Waals surface area contributed by atoms with E-state index in [4.69, 9.17) is 0 Å². The second-order valence-electron chi connectivity index (χ2n) is 4.85. The Morgan fingerprint density at radius 3 is 2.81 bits per heavy atom. The van der Waals surface area contributed by atoms with Gasteiger partial charge in [0.1, 0.15) is 0 Å². The predicted octanol–water partition coefficient (Wildman–Crippen LogP) is 1.10. The van der Waals surface area contributed by atoms with Crippen LogP contribution in [0.1, 0.15) is 12.0 Å². The molecule has 1 aliphatic rings. The van der Waals surface area contributed by atoms with E-state index in [1.165, 1.54) is 12.1 Å². The molecule has 1 aromatic rings. The summed E-state index contributed by atoms with van der Waals surface area (Å²) >= 11 is 0. The van der Waals surface area contributed by atoms with Crippen LogP contribution in [0, 0.1) is 17.0 Å². The third-order valence-electron chi connectivity index (χ3n) is 3.33. The Morgan fingerprint density at radius 2 is 2.19 bits per heavy atom. The third-order valence-corrected chi connectivity index (χ3v) is 4.73. The summed E-state index contributed by atoms with van der Waals surface area (Å²) in [4.78, 5) is 10.2. The smallest absolute Gasteiger partial charge is 0.273 e. The Balaban J connectivity index is 2.17. The zero-order valence-electron chi connectivity index (χ0n) is 11.6. The Hall–Kier alpha value is -1.77. The first-order valence-electron chi connectivity index (χ1n) is 6.53. The minimum Gasteiger partial charge on any atom is -0.313 e. The number of aryl methyl sites for hydroxylation is 1. The van der Waals surface area contributed by atoms with Crippen molar-refractivity contribution in [1.82, 2.24) is 10.0 Å². The zero-order valence-corrected chi connectivity index (χ0v) is 12.4. The molecular formula is C13H17N3O4S. The van der Waals surface area contributed by atoms with E-state index >= 15 is 0 Å². The summed E-state index contributed by atoms with van der Waals surface area (Å²) in [6, 6.07) is 3.91. The Morgan fingerprint density at radius 1 is 1.43 bits per heavy atom. The van der Waals surface area contributed by atoms with Gasteiger partial charge in [0.05, 0.1) is 9.82 Å². The molecule has 0 saturated heterocycles. The molecule has 21 heavy (non-hydrogen) atoms. The molecule has 114 valence electrons. The summed E-state index contributed by atoms with van der Waals surface area (Å²) in [6.45, 7) is 3.35. The van der Waals surface area contributed by atoms with Gasteiger partial charge >= 0.3 is 0 Å². The fourth-order valence-corrected chi connectivity index (χ4v) is 3.11. The van der Waals surface area contributed by atoms with Crippen molar-refractivity contribution in [3.8, 4) is 0 Å². The quantitative estimate of drug-likeness (QED) is 0.482. The zero-order chi connectivity index (χ0) is 15.5. The summed E-state index contributed by atoms with van der Waals surface area (Å²) in [5.74, 6) is 0. The standard InChI is InChI=1S/C13H17N3O4S/c1-10-2-3-12(8-13(10)16(17)18)21(19,20)15-9-11-4-6-14-7-5-11/h2-4,8,14-15H,5-7,9H2,1H3. The van der Waals surface area contributed by atoms with E-state index < -0.39 is 14.9 Å². The lowest BCUT2D eigenvalue weighted by Crippen LogP contribution is -2.29. The van der Waals surface area contributed by atoms with Crippen LogP contribution in [-0.4, -0.2) is 33.0 Å². The molecule has 1 aromatic carbocycles. The summed E-state index contributed by atoms with van der Waals surface area (Å²) < 4.78 is 26.9. The number of hydrogen-bond acceptors (Lipinski definition) is 5. The van der Waals surface area contributed by atoms with E-state index in [1.54, 1.807) is 6.92 Å². The average Bonchev–Trinajstić information content (AvgIpc) is 2.46. The fraction of sp³-hybridized carbons (Fsp3) is 0.385. The molecule has 0 amide bonds. The van der Waals surface area contributed by atoms with Crippen LogP contribution in [0.4, 0.5) is 5.69 Å². The van der Waals surface area contributed by atoms with E-state index in [9.17, 15) is 18.5 Å². The largest absolute Gasteiger partial charge is 0.313 e. The second kappa shape index (κ2) is 6.33. The first-order valence-corrected chi connectivity index (χ1v) is 8.02. The van der Waals surface area contributed by atoms with Gasteiger partial charge in [0.15, 0.2) is 0 Å². The van der Waals surface area contributed by atoms with Crippen molar-refractivity contribution in [2.75, 3.05) is 19.6 Å². The molecule has 1 heterocycles. The van der Waals surface area contributed by atoms with Gasteiger partial charge in [-0.15, -0.1) is 0 Å². The van der Waals surface area contributed by atoms with E-state index in [1.807, 2.05) is 6.08 Å². The lowest BCUT2D eigenvalue weighted by atomic mass is 10.1. The molecule has 0 spiro atoms. The SMILES string of the molecule is Cc1ccc(S(=O)(=O)NCC2=CCNCC2)cc1[N+](=O)[O-]. The van der Waals surface area contributed by atoms with Crippen molar-refractivity contribution < 1.29 is 13.3 Å². The van der Waals surface area contributed by atoms with Gasteiger partial charge in [-0.3, -0.25) is 10.1 Å². The maximum Gasteiger partial charge on any atom is 0.273 e. The number of nitro groups is 1. The highest BCUT2D eigenvalue weighted by Gasteiger charge is 2.20. The normalized spacial score (nSPS) is 15.6. The number of nitrogens with one attached hydrogen (secondary N) is 2. The predicted molar refractivity (Wildman–Crippen MR) is 78.6 cm³/mol. The molecule has 0 aromatic heterocycles. The van der Waals surface area contributed by atoms with Crippen molar-refractivity contribution in [2.24, 2.45) is 0 Å². The molecule has 0 aliphatic carbocycles. The molecule has 7 nitrogen and oxygen atoms in total. The van der Waals surface area contributed by atoms with E-state index in [2.05, 4.69) is 10.0 Å². The molecule has 2 rings (SSSR count). The van der Waals surface area contributed by atoms with Crippen molar-refractivity contribution >= 4 is 15.7 Å². The molecule has 8 heteroatoms. The summed E-state index contributed by atoms with van der Waals surface area (Å²) in [6.07, 6.45) is 2.74. The maximum absolute atomic E-state index is 12.2. The lowest BCUT2D eigenvalue weighted by Gasteiger charge is -2.14. The van der Waals surface area contributed by atoms with Crippen LogP contribution in [0.15, 0.2) is 34.7 Å². The average molecular weight is 311 g/mol. The number of nitrogens with zero attached hydrogens (tertiary/aromatic N) is 1. The number of hydrogen-bond donors (Lipinski definition) is 2. The molecule has 0 bridgehead atoms. The van der Waals surface area contributed by atoms with Gasteiger partial charge in [-0.25, -0.2) is 13.1 Å². The molecule has 0 fully saturated rings. The highest BCUT2D eigenvalue weighted by atomic mass is 32.2. The maximum atomic E-state index is 12.2. The topological polar surface area (TPSA) is 101 Å². The van der Waals surface area contributed by atoms with Gasteiger partial charge in [-0.2, -0.15) is 0 Å². The van der Waals surface area contributed by atoms with Crippen LogP contribution in [0.5, 0.6) is 0 Å². The highest BCUT2D eigenvalue weighted by molar-refractivity contribution is 7.89. The van der Waals surface area contributed by atoms with Gasteiger partial charge in [0.2, 0.25) is 10.0 Å². The van der Waals surface area contributed by atoms with Gasteiger partial charge in [-0.05, 0) is 26.0 Å². The molecule has 0 radical (unpaired) electrons. The van der Waals surface area contributed by atoms with Crippen LogP contribution in [-0.2, 0) is 10.0 Å². The second-order valence-corrected chi connectivity index (χ2v) is 6.61. The van der Waals surface area contributed by atoms with Gasteiger partial charge in [0.25, 0.3) is 5.69 Å². The monoisotopic (exact) mass is 311 g/mol. The van der Waals surface area contributed by atoms with Crippen LogP contribution >= 0.6 is 0 Å². The summed E-state index contributed by atoms with van der Waals surface area (Å²) in [7, 11) is -3.75. The van der Waals surface area contributed by atoms with E-state index in [0.717, 1.165) is 31.1 Å². The molecule has 0 atom stereocenters. The van der Waals surface area contributed by atoms with Crippen LogP contribution in [0.3, 0.4) is 0 Å². The minimum absolute atomic E-state index is 0.0886. The van der Waals surface area contributed by atoms with Crippen LogP contribution < -0.4 is 10.0 Å². The van der Waals surface area contributed by atoms with E-state index in [-0.39, 0.29) is 17.1 Å². The Bertz CT molecular complexity index is 683. The minimum atomic E-state index is -3.75. The Labute approximate surface area is 123 Å². The molecule has 2 N–H and O–H groups in total. The molecular weight excluding hydrogens is 294 g/mol. The van der Waals surface area contributed by atoms with Crippen molar-refractivity contribution in [2.45, 2.75) is 18.2 Å². The lowest BCUT2D eigenvalue weighted by molar-refractivity contribution is -0.385. The van der Waals surface area contributed by atoms with E-state index in [0.29, 0.717) is 5.56 Å². The third kappa shape index (κ3) is 3.87. The van der Waals surface area contributed by atoms with Gasteiger partial charge < -0.3 is 5.32 Å². The van der Waals surface area contributed by atoms with Crippen LogP contribution in [0.25, 0.3) is 0 Å². The number of benzene rings is 1. The molecule has 0 unspecified atom stereocenters. The number of sulfonamides is 1.